The number of carbonyl (C=O) groups is 1. The summed E-state index contributed by atoms with van der Waals surface area (Å²) in [5, 5.41) is 3.24. The number of hydrogen-bond donors (Lipinski definition) is 1. The van der Waals surface area contributed by atoms with Crippen LogP contribution < -0.4 is 15.5 Å². The fourth-order valence-corrected chi connectivity index (χ4v) is 2.47. The van der Waals surface area contributed by atoms with Gasteiger partial charge in [-0.25, -0.2) is 0 Å². The van der Waals surface area contributed by atoms with Gasteiger partial charge in [-0.3, -0.25) is 9.59 Å². The molecule has 1 atom stereocenters. The molecule has 0 fully saturated rings. The van der Waals surface area contributed by atoms with E-state index >= 15 is 0 Å². The van der Waals surface area contributed by atoms with E-state index in [1.165, 1.54) is 13.2 Å². The molecule has 1 aromatic heterocycles. The maximum Gasteiger partial charge on any atom is 0.287 e. The van der Waals surface area contributed by atoms with E-state index in [1.807, 2.05) is 37.3 Å². The lowest BCUT2D eigenvalue weighted by Gasteiger charge is -2.14. The minimum Gasteiger partial charge on any atom is -0.497 e. The van der Waals surface area contributed by atoms with Crippen molar-refractivity contribution in [3.8, 4) is 5.75 Å². The number of nitrogens with one attached hydrogen (secondary N) is 1. The van der Waals surface area contributed by atoms with Crippen LogP contribution in [0.15, 0.2) is 63.8 Å². The second-order valence-corrected chi connectivity index (χ2v) is 5.44. The first kappa shape index (κ1) is 15.8. The monoisotopic (exact) mass is 323 g/mol. The first-order valence-corrected chi connectivity index (χ1v) is 7.56. The molecule has 3 aromatic rings. The molecule has 1 N–H and O–H groups in total. The fourth-order valence-electron chi connectivity index (χ4n) is 2.47. The van der Waals surface area contributed by atoms with Crippen molar-refractivity contribution < 1.29 is 13.9 Å². The number of methoxy groups -OCH3 is 1. The van der Waals surface area contributed by atoms with Crippen LogP contribution in [0.25, 0.3) is 11.0 Å². The van der Waals surface area contributed by atoms with E-state index in [9.17, 15) is 9.59 Å². The van der Waals surface area contributed by atoms with E-state index in [0.29, 0.717) is 16.7 Å². The smallest absolute Gasteiger partial charge is 0.287 e. The highest BCUT2D eigenvalue weighted by Gasteiger charge is 2.16. The molecule has 0 aliphatic carbocycles. The van der Waals surface area contributed by atoms with Crippen LogP contribution in [0.2, 0.25) is 0 Å². The molecule has 3 rings (SSSR count). The van der Waals surface area contributed by atoms with Crippen molar-refractivity contribution >= 4 is 16.9 Å². The maximum absolute atomic E-state index is 12.4. The summed E-state index contributed by atoms with van der Waals surface area (Å²) >= 11 is 0. The molecule has 0 spiro atoms. The summed E-state index contributed by atoms with van der Waals surface area (Å²) in [5.74, 6) is 0.0950. The van der Waals surface area contributed by atoms with Crippen LogP contribution in [0.3, 0.4) is 0 Å². The van der Waals surface area contributed by atoms with Crippen molar-refractivity contribution in [2.24, 2.45) is 0 Å². The largest absolute Gasteiger partial charge is 0.497 e. The normalized spacial score (nSPS) is 11.9. The summed E-state index contributed by atoms with van der Waals surface area (Å²) in [6.07, 6.45) is 0. The molecule has 5 heteroatoms. The van der Waals surface area contributed by atoms with Gasteiger partial charge in [0.25, 0.3) is 5.91 Å². The van der Waals surface area contributed by atoms with Crippen molar-refractivity contribution in [3.63, 3.8) is 0 Å². The zero-order valence-electron chi connectivity index (χ0n) is 13.4. The number of carbonyl (C=O) groups excluding carboxylic acids is 1. The van der Waals surface area contributed by atoms with E-state index in [2.05, 4.69) is 5.32 Å². The number of fused-ring (bicyclic) bond motifs is 1. The van der Waals surface area contributed by atoms with Crippen LogP contribution in [-0.4, -0.2) is 13.0 Å². The van der Waals surface area contributed by atoms with Crippen LogP contribution in [0.1, 0.15) is 29.1 Å². The Bertz CT molecular complexity index is 931. The molecule has 2 aromatic carbocycles. The van der Waals surface area contributed by atoms with E-state index in [4.69, 9.17) is 9.15 Å². The second-order valence-electron chi connectivity index (χ2n) is 5.44. The van der Waals surface area contributed by atoms with Crippen LogP contribution >= 0.6 is 0 Å². The Labute approximate surface area is 138 Å². The molecule has 0 radical (unpaired) electrons. The lowest BCUT2D eigenvalue weighted by atomic mass is 10.1. The standard InChI is InChI=1S/C19H17NO4/c1-12(13-6-4-3-5-7-13)20-19(22)18-11-16(21)15-9-8-14(23-2)10-17(15)24-18/h3-12H,1-2H3,(H,20,22). The minimum atomic E-state index is -0.437. The van der Waals surface area contributed by atoms with Gasteiger partial charge >= 0.3 is 0 Å². The average molecular weight is 323 g/mol. The van der Waals surface area contributed by atoms with E-state index in [0.717, 1.165) is 5.56 Å². The van der Waals surface area contributed by atoms with E-state index < -0.39 is 5.91 Å². The van der Waals surface area contributed by atoms with Gasteiger partial charge in [0.05, 0.1) is 18.5 Å². The molecule has 0 bridgehead atoms. The van der Waals surface area contributed by atoms with Crippen molar-refractivity contribution in [3.05, 3.63) is 76.1 Å². The zero-order valence-corrected chi connectivity index (χ0v) is 13.4. The first-order chi connectivity index (χ1) is 11.6. The molecule has 0 aliphatic heterocycles. The molecule has 0 saturated heterocycles. The van der Waals surface area contributed by atoms with Gasteiger partial charge in [0.1, 0.15) is 11.3 Å². The molecule has 1 amide bonds. The Morgan fingerprint density at radius 3 is 2.58 bits per heavy atom. The van der Waals surface area contributed by atoms with Gasteiger partial charge in [-0.05, 0) is 24.6 Å². The predicted molar refractivity (Wildman–Crippen MR) is 91.4 cm³/mol. The van der Waals surface area contributed by atoms with Gasteiger partial charge in [-0.15, -0.1) is 0 Å². The lowest BCUT2D eigenvalue weighted by Crippen LogP contribution is -2.27. The number of rotatable bonds is 4. The summed E-state index contributed by atoms with van der Waals surface area (Å²) in [4.78, 5) is 24.6. The Hall–Kier alpha value is -3.08. The van der Waals surface area contributed by atoms with Crippen molar-refractivity contribution in [1.82, 2.24) is 5.32 Å². The number of benzene rings is 2. The highest BCUT2D eigenvalue weighted by Crippen LogP contribution is 2.20. The van der Waals surface area contributed by atoms with Crippen LogP contribution in [-0.2, 0) is 0 Å². The molecule has 1 heterocycles. The number of amides is 1. The number of ether oxygens (including phenoxy) is 1. The third-order valence-corrected chi connectivity index (χ3v) is 3.81. The van der Waals surface area contributed by atoms with Gasteiger partial charge in [-0.1, -0.05) is 30.3 Å². The summed E-state index contributed by atoms with van der Waals surface area (Å²) in [6.45, 7) is 1.87. The summed E-state index contributed by atoms with van der Waals surface area (Å²) in [5.41, 5.74) is 1.02. The molecule has 122 valence electrons. The molecule has 0 saturated carbocycles. The maximum atomic E-state index is 12.4. The Morgan fingerprint density at radius 2 is 1.88 bits per heavy atom. The van der Waals surface area contributed by atoms with E-state index in [-0.39, 0.29) is 17.2 Å². The summed E-state index contributed by atoms with van der Waals surface area (Å²) in [6, 6.07) is 15.5. The van der Waals surface area contributed by atoms with E-state index in [1.54, 1.807) is 18.2 Å². The van der Waals surface area contributed by atoms with Crippen LogP contribution in [0.5, 0.6) is 5.75 Å². The predicted octanol–water partition coefficient (Wildman–Crippen LogP) is 3.29. The van der Waals surface area contributed by atoms with Gasteiger partial charge in [0.2, 0.25) is 0 Å². The molecular weight excluding hydrogens is 306 g/mol. The topological polar surface area (TPSA) is 68.5 Å². The molecule has 1 unspecified atom stereocenters. The lowest BCUT2D eigenvalue weighted by molar-refractivity contribution is 0.0912. The number of hydrogen-bond acceptors (Lipinski definition) is 4. The van der Waals surface area contributed by atoms with Crippen LogP contribution in [0.4, 0.5) is 0 Å². The first-order valence-electron chi connectivity index (χ1n) is 7.56. The SMILES string of the molecule is COc1ccc2c(=O)cc(C(=O)NC(C)c3ccccc3)oc2c1. The Kier molecular flexibility index (Phi) is 4.33. The molecule has 0 aliphatic rings. The summed E-state index contributed by atoms with van der Waals surface area (Å²) < 4.78 is 10.7. The molecular formula is C19H17NO4. The minimum absolute atomic E-state index is 0.0245. The van der Waals surface area contributed by atoms with Gasteiger partial charge in [-0.2, -0.15) is 0 Å². The third-order valence-electron chi connectivity index (χ3n) is 3.81. The Morgan fingerprint density at radius 1 is 1.12 bits per heavy atom. The average Bonchev–Trinajstić information content (AvgIpc) is 2.61. The van der Waals surface area contributed by atoms with Gasteiger partial charge < -0.3 is 14.5 Å². The molecule has 24 heavy (non-hydrogen) atoms. The third kappa shape index (κ3) is 3.15. The van der Waals surface area contributed by atoms with Gasteiger partial charge in [0.15, 0.2) is 11.2 Å². The van der Waals surface area contributed by atoms with Crippen molar-refractivity contribution in [2.45, 2.75) is 13.0 Å². The fraction of sp³-hybridized carbons (Fsp3) is 0.158. The zero-order chi connectivity index (χ0) is 17.1. The highest BCUT2D eigenvalue weighted by molar-refractivity contribution is 5.93. The van der Waals surface area contributed by atoms with Crippen molar-refractivity contribution in [2.75, 3.05) is 7.11 Å². The highest BCUT2D eigenvalue weighted by atomic mass is 16.5. The van der Waals surface area contributed by atoms with Crippen molar-refractivity contribution in [1.29, 1.82) is 0 Å². The van der Waals surface area contributed by atoms with Gasteiger partial charge in [0, 0.05) is 12.1 Å². The quantitative estimate of drug-likeness (QED) is 0.800. The Balaban J connectivity index is 1.91. The molecule has 5 nitrogen and oxygen atoms in total. The van der Waals surface area contributed by atoms with Crippen LogP contribution in [0, 0.1) is 0 Å². The summed E-state index contributed by atoms with van der Waals surface area (Å²) in [7, 11) is 1.53. The second kappa shape index (κ2) is 6.58.